The summed E-state index contributed by atoms with van der Waals surface area (Å²) in [6, 6.07) is 5.08. The number of H-pyrrole nitrogens is 1. The van der Waals surface area contributed by atoms with E-state index in [4.69, 9.17) is 4.42 Å². The molecule has 6 heteroatoms. The molecule has 2 N–H and O–H groups in total. The van der Waals surface area contributed by atoms with Crippen LogP contribution in [0.5, 0.6) is 0 Å². The van der Waals surface area contributed by atoms with E-state index < -0.39 is 5.76 Å². The van der Waals surface area contributed by atoms with Crippen LogP contribution in [0.3, 0.4) is 0 Å². The predicted molar refractivity (Wildman–Crippen MR) is 82.3 cm³/mol. The van der Waals surface area contributed by atoms with E-state index >= 15 is 0 Å². The Bertz CT molecular complexity index is 647. The third kappa shape index (κ3) is 3.66. The average molecular weight is 294 g/mol. The second-order valence-corrected chi connectivity index (χ2v) is 6.03. The van der Waals surface area contributed by atoms with Crippen LogP contribution >= 0.6 is 11.8 Å². The lowest BCUT2D eigenvalue weighted by molar-refractivity contribution is -0.115. The Hall–Kier alpha value is -1.69. The fourth-order valence-electron chi connectivity index (χ4n) is 1.75. The van der Waals surface area contributed by atoms with Crippen LogP contribution in [0.2, 0.25) is 0 Å². The Morgan fingerprint density at radius 2 is 2.30 bits per heavy atom. The molecule has 5 nitrogen and oxygen atoms in total. The molecule has 0 fully saturated rings. The maximum absolute atomic E-state index is 12.0. The van der Waals surface area contributed by atoms with Crippen LogP contribution in [0.1, 0.15) is 26.7 Å². The summed E-state index contributed by atoms with van der Waals surface area (Å²) in [6.07, 6.45) is 2.25. The fraction of sp³-hybridized carbons (Fsp3) is 0.429. The highest BCUT2D eigenvalue weighted by atomic mass is 32.2. The number of unbranched alkanes of at least 4 members (excludes halogenated alkanes) is 1. The number of amides is 1. The van der Waals surface area contributed by atoms with Gasteiger partial charge in [0.25, 0.3) is 0 Å². The van der Waals surface area contributed by atoms with Crippen LogP contribution < -0.4 is 11.1 Å². The summed E-state index contributed by atoms with van der Waals surface area (Å²) < 4.78 is 4.91. The SMILES string of the molecule is CCCCS[C@H](C)C(=O)Nc1ccc2oc(=O)[nH]c2c1. The molecule has 1 heterocycles. The summed E-state index contributed by atoms with van der Waals surface area (Å²) in [6.45, 7) is 4.03. The zero-order chi connectivity index (χ0) is 14.5. The van der Waals surface area contributed by atoms with Crippen LogP contribution in [-0.2, 0) is 4.79 Å². The van der Waals surface area contributed by atoms with Gasteiger partial charge in [-0.1, -0.05) is 13.3 Å². The van der Waals surface area contributed by atoms with Crippen molar-refractivity contribution < 1.29 is 9.21 Å². The van der Waals surface area contributed by atoms with E-state index in [9.17, 15) is 9.59 Å². The molecule has 0 bridgehead atoms. The number of hydrogen-bond acceptors (Lipinski definition) is 4. The van der Waals surface area contributed by atoms with Gasteiger partial charge in [0.2, 0.25) is 5.91 Å². The van der Waals surface area contributed by atoms with Crippen molar-refractivity contribution >= 4 is 34.5 Å². The molecule has 0 aliphatic carbocycles. The number of thioether (sulfide) groups is 1. The number of carbonyl (C=O) groups excluding carboxylic acids is 1. The molecule has 1 aromatic carbocycles. The van der Waals surface area contributed by atoms with Gasteiger partial charge in [0.15, 0.2) is 5.58 Å². The van der Waals surface area contributed by atoms with Crippen molar-refractivity contribution in [2.45, 2.75) is 31.9 Å². The first kappa shape index (κ1) is 14.7. The van der Waals surface area contributed by atoms with Gasteiger partial charge in [0.1, 0.15) is 0 Å². The van der Waals surface area contributed by atoms with Crippen LogP contribution in [-0.4, -0.2) is 21.9 Å². The molecule has 0 radical (unpaired) electrons. The molecule has 108 valence electrons. The zero-order valence-corrected chi connectivity index (χ0v) is 12.4. The summed E-state index contributed by atoms with van der Waals surface area (Å²) in [7, 11) is 0. The van der Waals surface area contributed by atoms with E-state index in [-0.39, 0.29) is 11.2 Å². The number of benzene rings is 1. The maximum atomic E-state index is 12.0. The van der Waals surface area contributed by atoms with Gasteiger partial charge < -0.3 is 9.73 Å². The van der Waals surface area contributed by atoms with E-state index in [0.29, 0.717) is 16.8 Å². The Kier molecular flexibility index (Phi) is 4.89. The lowest BCUT2D eigenvalue weighted by Gasteiger charge is -2.11. The Morgan fingerprint density at radius 3 is 3.05 bits per heavy atom. The molecule has 2 aromatic rings. The molecular weight excluding hydrogens is 276 g/mol. The van der Waals surface area contributed by atoms with Crippen molar-refractivity contribution in [2.24, 2.45) is 0 Å². The van der Waals surface area contributed by atoms with Crippen LogP contribution in [0.15, 0.2) is 27.4 Å². The molecule has 0 spiro atoms. The van der Waals surface area contributed by atoms with Crippen LogP contribution in [0.4, 0.5) is 5.69 Å². The number of aromatic amines is 1. The lowest BCUT2D eigenvalue weighted by atomic mass is 10.3. The van der Waals surface area contributed by atoms with Gasteiger partial charge in [-0.05, 0) is 37.3 Å². The largest absolute Gasteiger partial charge is 0.417 e. The van der Waals surface area contributed by atoms with Crippen molar-refractivity contribution in [3.63, 3.8) is 0 Å². The fourth-order valence-corrected chi connectivity index (χ4v) is 2.77. The van der Waals surface area contributed by atoms with Gasteiger partial charge in [-0.2, -0.15) is 0 Å². The first-order chi connectivity index (χ1) is 9.60. The molecule has 0 unspecified atom stereocenters. The highest BCUT2D eigenvalue weighted by Gasteiger charge is 2.13. The highest BCUT2D eigenvalue weighted by Crippen LogP contribution is 2.19. The van der Waals surface area contributed by atoms with Crippen molar-refractivity contribution in [3.8, 4) is 0 Å². The smallest absolute Gasteiger partial charge is 0.408 e. The van der Waals surface area contributed by atoms with Crippen molar-refractivity contribution in [1.29, 1.82) is 0 Å². The van der Waals surface area contributed by atoms with Crippen LogP contribution in [0.25, 0.3) is 11.1 Å². The minimum Gasteiger partial charge on any atom is -0.408 e. The van der Waals surface area contributed by atoms with Crippen molar-refractivity contribution in [3.05, 3.63) is 28.7 Å². The number of oxazole rings is 1. The topological polar surface area (TPSA) is 75.1 Å². The second-order valence-electron chi connectivity index (χ2n) is 4.58. The van der Waals surface area contributed by atoms with E-state index in [2.05, 4.69) is 17.2 Å². The first-order valence-corrected chi connectivity index (χ1v) is 7.70. The molecule has 0 aliphatic rings. The van der Waals surface area contributed by atoms with Gasteiger partial charge in [-0.3, -0.25) is 9.78 Å². The Labute approximate surface area is 121 Å². The molecule has 0 saturated heterocycles. The number of nitrogens with one attached hydrogen (secondary N) is 2. The highest BCUT2D eigenvalue weighted by molar-refractivity contribution is 8.00. The summed E-state index contributed by atoms with van der Waals surface area (Å²) in [5, 5.41) is 2.75. The standard InChI is InChI=1S/C14H18N2O3S/c1-3-4-7-20-9(2)13(17)15-10-5-6-12-11(8-10)16-14(18)19-12/h5-6,8-9H,3-4,7H2,1-2H3,(H,15,17)(H,16,18)/t9-/m1/s1. The molecular formula is C14H18N2O3S. The molecule has 1 aromatic heterocycles. The van der Waals surface area contributed by atoms with Gasteiger partial charge in [-0.25, -0.2) is 4.79 Å². The molecule has 1 amide bonds. The van der Waals surface area contributed by atoms with Gasteiger partial charge in [0.05, 0.1) is 10.8 Å². The van der Waals surface area contributed by atoms with Gasteiger partial charge in [0, 0.05) is 5.69 Å². The summed E-state index contributed by atoms with van der Waals surface area (Å²) in [5.41, 5.74) is 1.72. The zero-order valence-electron chi connectivity index (χ0n) is 11.6. The monoisotopic (exact) mass is 294 g/mol. The summed E-state index contributed by atoms with van der Waals surface area (Å²) in [5.74, 6) is 0.461. The quantitative estimate of drug-likeness (QED) is 0.803. The van der Waals surface area contributed by atoms with Crippen molar-refractivity contribution in [2.75, 3.05) is 11.1 Å². The lowest BCUT2D eigenvalue weighted by Crippen LogP contribution is -2.22. The first-order valence-electron chi connectivity index (χ1n) is 6.65. The number of anilines is 1. The molecule has 1 atom stereocenters. The predicted octanol–water partition coefficient (Wildman–Crippen LogP) is 2.98. The summed E-state index contributed by atoms with van der Waals surface area (Å²) >= 11 is 1.65. The van der Waals surface area contributed by atoms with E-state index in [1.165, 1.54) is 0 Å². The van der Waals surface area contributed by atoms with E-state index in [1.807, 2.05) is 6.92 Å². The second kappa shape index (κ2) is 6.65. The van der Waals surface area contributed by atoms with Gasteiger partial charge in [-0.15, -0.1) is 11.8 Å². The van der Waals surface area contributed by atoms with Gasteiger partial charge >= 0.3 is 5.76 Å². The number of aromatic nitrogens is 1. The minimum atomic E-state index is -0.494. The number of fused-ring (bicyclic) bond motifs is 1. The van der Waals surface area contributed by atoms with Crippen molar-refractivity contribution in [1.82, 2.24) is 4.98 Å². The average Bonchev–Trinajstić information content (AvgIpc) is 2.78. The Morgan fingerprint density at radius 1 is 1.50 bits per heavy atom. The van der Waals surface area contributed by atoms with Crippen LogP contribution in [0, 0.1) is 0 Å². The minimum absolute atomic E-state index is 0.0312. The normalized spacial score (nSPS) is 12.5. The Balaban J connectivity index is 2.00. The summed E-state index contributed by atoms with van der Waals surface area (Å²) in [4.78, 5) is 25.6. The number of rotatable bonds is 6. The number of hydrogen-bond donors (Lipinski definition) is 2. The maximum Gasteiger partial charge on any atom is 0.417 e. The third-order valence-electron chi connectivity index (χ3n) is 2.92. The van der Waals surface area contributed by atoms with E-state index in [1.54, 1.807) is 30.0 Å². The molecule has 0 aliphatic heterocycles. The third-order valence-corrected chi connectivity index (χ3v) is 4.16. The molecule has 20 heavy (non-hydrogen) atoms. The van der Waals surface area contributed by atoms with E-state index in [0.717, 1.165) is 18.6 Å². The number of carbonyl (C=O) groups is 1. The molecule has 2 rings (SSSR count). The molecule has 0 saturated carbocycles.